The lowest BCUT2D eigenvalue weighted by Crippen LogP contribution is -2.30. The summed E-state index contributed by atoms with van der Waals surface area (Å²) in [6.45, 7) is 4.18. The van der Waals surface area contributed by atoms with Crippen molar-refractivity contribution in [2.75, 3.05) is 6.26 Å². The van der Waals surface area contributed by atoms with Crippen LogP contribution in [-0.2, 0) is 16.4 Å². The van der Waals surface area contributed by atoms with Crippen LogP contribution in [0.5, 0.6) is 0 Å². The Morgan fingerprint density at radius 1 is 1.32 bits per heavy atom. The van der Waals surface area contributed by atoms with Gasteiger partial charge in [0.1, 0.15) is 0 Å². The third kappa shape index (κ3) is 2.80. The second-order valence-corrected chi connectivity index (χ2v) is 7.79. The van der Waals surface area contributed by atoms with Gasteiger partial charge in [0.15, 0.2) is 0 Å². The number of hydrogen-bond donors (Lipinski definition) is 1. The van der Waals surface area contributed by atoms with E-state index in [0.29, 0.717) is 0 Å². The molecular weight excluding hydrogens is 298 g/mol. The Bertz CT molecular complexity index is 809. The van der Waals surface area contributed by atoms with Gasteiger partial charge in [-0.2, -0.15) is 5.10 Å². The van der Waals surface area contributed by atoms with Crippen LogP contribution in [0.2, 0.25) is 0 Å². The average Bonchev–Trinajstić information content (AvgIpc) is 2.85. The summed E-state index contributed by atoms with van der Waals surface area (Å²) in [6.07, 6.45) is 5.70. The highest BCUT2D eigenvalue weighted by Crippen LogP contribution is 2.32. The molecule has 0 unspecified atom stereocenters. The van der Waals surface area contributed by atoms with Crippen LogP contribution in [0.25, 0.3) is 5.69 Å². The number of hydrogen-bond acceptors (Lipinski definition) is 3. The fraction of sp³-hybridized carbons (Fsp3) is 0.438. The van der Waals surface area contributed by atoms with Crippen molar-refractivity contribution in [2.45, 2.75) is 39.2 Å². The summed E-state index contributed by atoms with van der Waals surface area (Å²) in [7, 11) is -3.22. The molecule has 0 amide bonds. The number of aryl methyl sites for hydroxylation is 1. The third-order valence-electron chi connectivity index (χ3n) is 4.34. The van der Waals surface area contributed by atoms with E-state index in [1.165, 1.54) is 17.4 Å². The van der Waals surface area contributed by atoms with Crippen molar-refractivity contribution in [2.24, 2.45) is 0 Å². The molecule has 1 aromatic heterocycles. The van der Waals surface area contributed by atoms with Gasteiger partial charge in [-0.05, 0) is 50.3 Å². The Morgan fingerprint density at radius 3 is 2.82 bits per heavy atom. The Kier molecular flexibility index (Phi) is 3.82. The number of rotatable bonds is 3. The molecule has 0 spiro atoms. The van der Waals surface area contributed by atoms with Gasteiger partial charge in [0.05, 0.1) is 24.2 Å². The summed E-state index contributed by atoms with van der Waals surface area (Å²) in [5.41, 5.74) is 5.61. The zero-order valence-electron chi connectivity index (χ0n) is 13.1. The van der Waals surface area contributed by atoms with E-state index < -0.39 is 10.0 Å². The SMILES string of the molecule is Cc1cccc(-n2ncc3c2CCC[C@@H]3NS(C)(=O)=O)c1C. The van der Waals surface area contributed by atoms with Crippen LogP contribution < -0.4 is 4.72 Å². The molecule has 22 heavy (non-hydrogen) atoms. The number of nitrogens with zero attached hydrogens (tertiary/aromatic N) is 2. The van der Waals surface area contributed by atoms with Crippen molar-refractivity contribution in [3.05, 3.63) is 46.8 Å². The molecule has 118 valence electrons. The quantitative estimate of drug-likeness (QED) is 0.945. The number of aromatic nitrogens is 2. The number of nitrogens with one attached hydrogen (secondary N) is 1. The van der Waals surface area contributed by atoms with Crippen LogP contribution in [0.3, 0.4) is 0 Å². The summed E-state index contributed by atoms with van der Waals surface area (Å²) < 4.78 is 27.8. The molecule has 0 fully saturated rings. The normalized spacial score (nSPS) is 18.2. The highest BCUT2D eigenvalue weighted by molar-refractivity contribution is 7.88. The first-order valence-corrected chi connectivity index (χ1v) is 9.36. The fourth-order valence-corrected chi connectivity index (χ4v) is 3.87. The number of sulfonamides is 1. The Labute approximate surface area is 131 Å². The molecule has 1 atom stereocenters. The lowest BCUT2D eigenvalue weighted by atomic mass is 9.93. The van der Waals surface area contributed by atoms with E-state index in [4.69, 9.17) is 0 Å². The molecule has 1 N–H and O–H groups in total. The van der Waals surface area contributed by atoms with E-state index in [0.717, 1.165) is 36.2 Å². The van der Waals surface area contributed by atoms with Crippen molar-refractivity contribution in [1.82, 2.24) is 14.5 Å². The third-order valence-corrected chi connectivity index (χ3v) is 5.06. The Morgan fingerprint density at radius 2 is 2.09 bits per heavy atom. The molecule has 1 aliphatic rings. The molecule has 3 rings (SSSR count). The van der Waals surface area contributed by atoms with Crippen LogP contribution >= 0.6 is 0 Å². The summed E-state index contributed by atoms with van der Waals surface area (Å²) in [4.78, 5) is 0. The van der Waals surface area contributed by atoms with Gasteiger partial charge >= 0.3 is 0 Å². The van der Waals surface area contributed by atoms with E-state index in [9.17, 15) is 8.42 Å². The zero-order valence-corrected chi connectivity index (χ0v) is 13.9. The molecule has 0 saturated heterocycles. The second-order valence-electron chi connectivity index (χ2n) is 6.01. The van der Waals surface area contributed by atoms with Crippen molar-refractivity contribution in [3.63, 3.8) is 0 Å². The van der Waals surface area contributed by atoms with Crippen LogP contribution in [0.15, 0.2) is 24.4 Å². The molecule has 1 heterocycles. The molecule has 2 aromatic rings. The fourth-order valence-electron chi connectivity index (χ4n) is 3.11. The number of fused-ring (bicyclic) bond motifs is 1. The first-order chi connectivity index (χ1) is 10.4. The Hall–Kier alpha value is -1.66. The van der Waals surface area contributed by atoms with Crippen LogP contribution in [0, 0.1) is 13.8 Å². The van der Waals surface area contributed by atoms with E-state index in [2.05, 4.69) is 35.8 Å². The predicted octanol–water partition coefficient (Wildman–Crippen LogP) is 2.42. The van der Waals surface area contributed by atoms with Crippen molar-refractivity contribution in [1.29, 1.82) is 0 Å². The van der Waals surface area contributed by atoms with Gasteiger partial charge in [0.25, 0.3) is 0 Å². The van der Waals surface area contributed by atoms with Gasteiger partial charge < -0.3 is 0 Å². The Balaban J connectivity index is 2.05. The molecule has 1 aromatic carbocycles. The molecule has 0 radical (unpaired) electrons. The van der Waals surface area contributed by atoms with E-state index in [-0.39, 0.29) is 6.04 Å². The van der Waals surface area contributed by atoms with Gasteiger partial charge in [0, 0.05) is 11.3 Å². The maximum Gasteiger partial charge on any atom is 0.209 e. The maximum absolute atomic E-state index is 11.5. The maximum atomic E-state index is 11.5. The van der Waals surface area contributed by atoms with Gasteiger partial charge in [-0.3, -0.25) is 0 Å². The summed E-state index contributed by atoms with van der Waals surface area (Å²) in [5, 5.41) is 4.53. The van der Waals surface area contributed by atoms with E-state index >= 15 is 0 Å². The van der Waals surface area contributed by atoms with E-state index in [1.54, 1.807) is 6.20 Å². The smallest absolute Gasteiger partial charge is 0.209 e. The topological polar surface area (TPSA) is 64.0 Å². The monoisotopic (exact) mass is 319 g/mol. The minimum Gasteiger partial charge on any atom is -0.237 e. The zero-order chi connectivity index (χ0) is 15.9. The highest BCUT2D eigenvalue weighted by atomic mass is 32.2. The summed E-state index contributed by atoms with van der Waals surface area (Å²) >= 11 is 0. The minimum atomic E-state index is -3.22. The molecule has 0 bridgehead atoms. The van der Waals surface area contributed by atoms with Crippen LogP contribution in [0.1, 0.15) is 41.3 Å². The number of benzene rings is 1. The van der Waals surface area contributed by atoms with Crippen molar-refractivity contribution < 1.29 is 8.42 Å². The van der Waals surface area contributed by atoms with Crippen LogP contribution in [-0.4, -0.2) is 24.5 Å². The molecule has 1 aliphatic carbocycles. The largest absolute Gasteiger partial charge is 0.237 e. The lowest BCUT2D eigenvalue weighted by Gasteiger charge is -2.23. The molecule has 6 heteroatoms. The van der Waals surface area contributed by atoms with E-state index in [1.807, 2.05) is 10.7 Å². The van der Waals surface area contributed by atoms with Gasteiger partial charge in [-0.25, -0.2) is 17.8 Å². The predicted molar refractivity (Wildman–Crippen MR) is 86.7 cm³/mol. The standard InChI is InChI=1S/C16H21N3O2S/c1-11-6-4-8-15(12(11)2)19-16-9-5-7-14(13(16)10-17-19)18-22(3,20)21/h4,6,8,10,14,18H,5,7,9H2,1-3H3/t14-/m0/s1. The molecule has 5 nitrogen and oxygen atoms in total. The highest BCUT2D eigenvalue weighted by Gasteiger charge is 2.27. The molecule has 0 aliphatic heterocycles. The van der Waals surface area contributed by atoms with Gasteiger partial charge in [-0.15, -0.1) is 0 Å². The van der Waals surface area contributed by atoms with Crippen LogP contribution in [0.4, 0.5) is 0 Å². The second kappa shape index (κ2) is 5.52. The minimum absolute atomic E-state index is 0.169. The van der Waals surface area contributed by atoms with Crippen molar-refractivity contribution in [3.8, 4) is 5.69 Å². The average molecular weight is 319 g/mol. The molecule has 0 saturated carbocycles. The first kappa shape index (κ1) is 15.2. The van der Waals surface area contributed by atoms with Gasteiger partial charge in [-0.1, -0.05) is 12.1 Å². The first-order valence-electron chi connectivity index (χ1n) is 7.47. The summed E-state index contributed by atoms with van der Waals surface area (Å²) in [6, 6.07) is 6.00. The lowest BCUT2D eigenvalue weighted by molar-refractivity contribution is 0.504. The summed E-state index contributed by atoms with van der Waals surface area (Å²) in [5.74, 6) is 0. The van der Waals surface area contributed by atoms with Crippen molar-refractivity contribution >= 4 is 10.0 Å². The molecular formula is C16H21N3O2S. The van der Waals surface area contributed by atoms with Gasteiger partial charge in [0.2, 0.25) is 10.0 Å².